The fraction of sp³-hybridized carbons (Fsp3) is 0.333. The van der Waals surface area contributed by atoms with Gasteiger partial charge in [0, 0.05) is 49.3 Å². The first-order chi connectivity index (χ1) is 13.7. The van der Waals surface area contributed by atoms with Crippen LogP contribution in [0.5, 0.6) is 0 Å². The van der Waals surface area contributed by atoms with Crippen molar-refractivity contribution in [2.24, 2.45) is 12.9 Å². The highest BCUT2D eigenvalue weighted by Crippen LogP contribution is 2.35. The monoisotopic (exact) mass is 399 g/mol. The van der Waals surface area contributed by atoms with E-state index in [1.807, 2.05) is 32.4 Å². The number of hydrogen-bond acceptors (Lipinski definition) is 4. The van der Waals surface area contributed by atoms with Gasteiger partial charge in [-0.1, -0.05) is 6.92 Å². The van der Waals surface area contributed by atoms with Crippen molar-refractivity contribution in [3.63, 3.8) is 0 Å². The first-order valence-electron chi connectivity index (χ1n) is 9.51. The smallest absolute Gasteiger partial charge is 0.256 e. The molecule has 0 atom stereocenters. The van der Waals surface area contributed by atoms with Crippen LogP contribution in [0.3, 0.4) is 0 Å². The lowest BCUT2D eigenvalue weighted by atomic mass is 10.0. The van der Waals surface area contributed by atoms with Crippen LogP contribution in [0.4, 0.5) is 10.1 Å². The summed E-state index contributed by atoms with van der Waals surface area (Å²) in [4.78, 5) is 25.2. The van der Waals surface area contributed by atoms with Crippen molar-refractivity contribution in [2.45, 2.75) is 20.8 Å². The number of likely N-dealkylation sites (N-methyl/N-ethyl adjacent to an activating group) is 1. The van der Waals surface area contributed by atoms with E-state index in [2.05, 4.69) is 10.6 Å². The Balaban J connectivity index is 1.94. The zero-order chi connectivity index (χ0) is 21.3. The highest BCUT2D eigenvalue weighted by molar-refractivity contribution is 6.35. The van der Waals surface area contributed by atoms with Gasteiger partial charge in [-0.25, -0.2) is 9.40 Å². The lowest BCUT2D eigenvalue weighted by Crippen LogP contribution is -2.39. The molecule has 154 valence electrons. The highest BCUT2D eigenvalue weighted by Gasteiger charge is 2.27. The molecular weight excluding hydrogens is 373 g/mol. The van der Waals surface area contributed by atoms with Gasteiger partial charge in [0.15, 0.2) is 0 Å². The minimum Gasteiger partial charge on any atom is -0.351 e. The third kappa shape index (κ3) is 3.94. The molecule has 0 unspecified atom stereocenters. The lowest BCUT2D eigenvalue weighted by molar-refractivity contribution is -0.110. The molecule has 0 saturated heterocycles. The fourth-order valence-electron chi connectivity index (χ4n) is 3.54. The van der Waals surface area contributed by atoms with Crippen molar-refractivity contribution in [3.8, 4) is 0 Å². The number of benzene rings is 1. The highest BCUT2D eigenvalue weighted by atomic mass is 19.1. The molecule has 8 heteroatoms. The molecule has 4 N–H and O–H groups in total. The van der Waals surface area contributed by atoms with Gasteiger partial charge < -0.3 is 15.2 Å². The summed E-state index contributed by atoms with van der Waals surface area (Å²) in [6.45, 7) is 7.31. The predicted molar refractivity (Wildman–Crippen MR) is 112 cm³/mol. The fourth-order valence-corrected chi connectivity index (χ4v) is 3.54. The minimum atomic E-state index is -0.410. The predicted octanol–water partition coefficient (Wildman–Crippen LogP) is 2.20. The summed E-state index contributed by atoms with van der Waals surface area (Å²) in [6.07, 6.45) is 1.71. The summed E-state index contributed by atoms with van der Waals surface area (Å²) in [5, 5.41) is 7.25. The van der Waals surface area contributed by atoms with Crippen LogP contribution in [0.2, 0.25) is 0 Å². The van der Waals surface area contributed by atoms with E-state index < -0.39 is 5.82 Å². The SMILES string of the molecule is CCN(N)CCNC(=O)c1c(C)c(/C=C2\C(=O)Nc3ccc(F)cc32)n(C)c1C. The standard InChI is InChI=1S/C21H26FN5O2/c1-5-27(23)9-8-24-21(29)19-12(2)18(26(4)13(19)3)11-16-15-10-14(22)6-7-17(15)25-20(16)28/h6-7,10-11H,5,8-9,23H2,1-4H3,(H,24,29)(H,25,28)/b16-11-. The summed E-state index contributed by atoms with van der Waals surface area (Å²) in [5.41, 5.74) is 4.30. The van der Waals surface area contributed by atoms with Crippen molar-refractivity contribution in [1.29, 1.82) is 0 Å². The lowest BCUT2D eigenvalue weighted by Gasteiger charge is -2.14. The van der Waals surface area contributed by atoms with Crippen LogP contribution in [0.25, 0.3) is 11.6 Å². The Hall–Kier alpha value is -2.97. The van der Waals surface area contributed by atoms with E-state index in [9.17, 15) is 14.0 Å². The van der Waals surface area contributed by atoms with Crippen LogP contribution in [-0.4, -0.2) is 41.0 Å². The maximum absolute atomic E-state index is 13.7. The van der Waals surface area contributed by atoms with Crippen LogP contribution < -0.4 is 16.5 Å². The van der Waals surface area contributed by atoms with Crippen molar-refractivity contribution in [1.82, 2.24) is 14.9 Å². The maximum Gasteiger partial charge on any atom is 0.256 e. The molecule has 0 spiro atoms. The normalized spacial score (nSPS) is 14.4. The van der Waals surface area contributed by atoms with Gasteiger partial charge in [0.1, 0.15) is 5.82 Å². The second kappa shape index (κ2) is 8.18. The number of anilines is 1. The number of carbonyl (C=O) groups excluding carboxylic acids is 2. The number of nitrogens with one attached hydrogen (secondary N) is 2. The van der Waals surface area contributed by atoms with Crippen molar-refractivity contribution >= 4 is 29.2 Å². The first kappa shape index (κ1) is 20.8. The Bertz CT molecular complexity index is 1010. The molecule has 0 bridgehead atoms. The number of fused-ring (bicyclic) bond motifs is 1. The number of hydrogen-bond donors (Lipinski definition) is 3. The van der Waals surface area contributed by atoms with Gasteiger partial charge in [-0.3, -0.25) is 15.4 Å². The molecular formula is C21H26FN5O2. The van der Waals surface area contributed by atoms with Crippen molar-refractivity contribution in [3.05, 3.63) is 52.1 Å². The topological polar surface area (TPSA) is 92.4 Å². The number of rotatable bonds is 6. The Labute approximate surface area is 169 Å². The number of aromatic nitrogens is 1. The second-order valence-corrected chi connectivity index (χ2v) is 7.12. The van der Waals surface area contributed by atoms with E-state index in [0.717, 1.165) is 17.0 Å². The van der Waals surface area contributed by atoms with Crippen LogP contribution in [0, 0.1) is 19.7 Å². The third-order valence-electron chi connectivity index (χ3n) is 5.35. The molecule has 0 radical (unpaired) electrons. The molecule has 1 aromatic carbocycles. The van der Waals surface area contributed by atoms with Gasteiger partial charge in [0.2, 0.25) is 0 Å². The van der Waals surface area contributed by atoms with Crippen molar-refractivity contribution < 1.29 is 14.0 Å². The summed E-state index contributed by atoms with van der Waals surface area (Å²) < 4.78 is 15.6. The van der Waals surface area contributed by atoms with E-state index in [1.165, 1.54) is 12.1 Å². The first-order valence-corrected chi connectivity index (χ1v) is 9.51. The molecule has 0 saturated carbocycles. The summed E-state index contributed by atoms with van der Waals surface area (Å²) in [5.74, 6) is 4.85. The second-order valence-electron chi connectivity index (χ2n) is 7.12. The van der Waals surface area contributed by atoms with Crippen LogP contribution in [0.15, 0.2) is 18.2 Å². The van der Waals surface area contributed by atoms with Gasteiger partial charge in [-0.2, -0.15) is 0 Å². The summed E-state index contributed by atoms with van der Waals surface area (Å²) in [6, 6.07) is 4.19. The zero-order valence-electron chi connectivity index (χ0n) is 17.1. The molecule has 0 fully saturated rings. The molecule has 2 heterocycles. The third-order valence-corrected chi connectivity index (χ3v) is 5.35. The maximum atomic E-state index is 13.7. The van der Waals surface area contributed by atoms with E-state index in [-0.39, 0.29) is 11.8 Å². The number of nitrogens with zero attached hydrogens (tertiary/aromatic N) is 2. The number of hydrazine groups is 1. The molecule has 1 aromatic heterocycles. The molecule has 1 aliphatic rings. The number of nitrogens with two attached hydrogens (primary N) is 1. The summed E-state index contributed by atoms with van der Waals surface area (Å²) >= 11 is 0. The number of amides is 2. The molecule has 3 rings (SSSR count). The summed E-state index contributed by atoms with van der Waals surface area (Å²) in [7, 11) is 1.84. The van der Waals surface area contributed by atoms with Crippen molar-refractivity contribution in [2.75, 3.05) is 25.0 Å². The Morgan fingerprint density at radius 3 is 2.79 bits per heavy atom. The Morgan fingerprint density at radius 1 is 1.38 bits per heavy atom. The van der Waals surface area contributed by atoms with Gasteiger partial charge in [0.25, 0.3) is 11.8 Å². The van der Waals surface area contributed by atoms with Gasteiger partial charge in [-0.15, -0.1) is 0 Å². The average molecular weight is 399 g/mol. The van der Waals surface area contributed by atoms with E-state index in [4.69, 9.17) is 5.84 Å². The van der Waals surface area contributed by atoms with E-state index in [0.29, 0.717) is 42.0 Å². The molecule has 2 aromatic rings. The largest absolute Gasteiger partial charge is 0.351 e. The van der Waals surface area contributed by atoms with Crippen LogP contribution in [-0.2, 0) is 11.8 Å². The van der Waals surface area contributed by atoms with Crippen LogP contribution >= 0.6 is 0 Å². The Morgan fingerprint density at radius 2 is 2.10 bits per heavy atom. The van der Waals surface area contributed by atoms with Gasteiger partial charge in [-0.05, 0) is 43.7 Å². The minimum absolute atomic E-state index is 0.188. The molecule has 1 aliphatic heterocycles. The van der Waals surface area contributed by atoms with Gasteiger partial charge >= 0.3 is 0 Å². The van der Waals surface area contributed by atoms with E-state index in [1.54, 1.807) is 17.2 Å². The Kier molecular flexibility index (Phi) is 5.86. The van der Waals surface area contributed by atoms with E-state index >= 15 is 0 Å². The van der Waals surface area contributed by atoms with Crippen LogP contribution in [0.1, 0.15) is 39.8 Å². The molecule has 7 nitrogen and oxygen atoms in total. The molecule has 29 heavy (non-hydrogen) atoms. The number of halogens is 1. The zero-order valence-corrected chi connectivity index (χ0v) is 17.1. The van der Waals surface area contributed by atoms with Gasteiger partial charge in [0.05, 0.1) is 11.1 Å². The molecule has 0 aliphatic carbocycles. The quantitative estimate of drug-likeness (QED) is 0.394. The number of carbonyl (C=O) groups is 2. The molecule has 2 amide bonds. The average Bonchev–Trinajstić information content (AvgIpc) is 3.09.